The fourth-order valence-electron chi connectivity index (χ4n) is 3.32. The van der Waals surface area contributed by atoms with Gasteiger partial charge in [-0.15, -0.1) is 0 Å². The maximum atomic E-state index is 12.3. The number of hydrogen-bond acceptors (Lipinski definition) is 5. The number of amides is 3. The molecule has 1 aliphatic carbocycles. The number of carboxylic acid groups (broad SMARTS) is 1. The summed E-state index contributed by atoms with van der Waals surface area (Å²) in [5, 5.41) is 15.1. The van der Waals surface area contributed by atoms with Gasteiger partial charge in [-0.3, -0.25) is 10.2 Å². The average molecular weight is 413 g/mol. The Kier molecular flexibility index (Phi) is 11.3. The fourth-order valence-corrected chi connectivity index (χ4v) is 3.32. The van der Waals surface area contributed by atoms with Crippen LogP contribution in [0.3, 0.4) is 0 Å². The number of carboxylic acids is 1. The Morgan fingerprint density at radius 2 is 1.86 bits per heavy atom. The van der Waals surface area contributed by atoms with Crippen LogP contribution in [-0.2, 0) is 14.3 Å². The van der Waals surface area contributed by atoms with E-state index in [1.807, 2.05) is 13.8 Å². The summed E-state index contributed by atoms with van der Waals surface area (Å²) in [6.07, 6.45) is 5.51. The lowest BCUT2D eigenvalue weighted by Gasteiger charge is -2.38. The molecule has 0 heterocycles. The lowest BCUT2D eigenvalue weighted by atomic mass is 9.87. The summed E-state index contributed by atoms with van der Waals surface area (Å²) in [4.78, 5) is 35.7. The number of ether oxygens (including phenoxy) is 1. The molecule has 0 fully saturated rings. The number of aliphatic carboxylic acids is 1. The van der Waals surface area contributed by atoms with Crippen molar-refractivity contribution in [2.75, 3.05) is 6.54 Å². The largest absolute Gasteiger partial charge is 0.478 e. The van der Waals surface area contributed by atoms with Crippen molar-refractivity contribution in [1.29, 1.82) is 0 Å². The molecule has 0 aliphatic heterocycles. The smallest absolute Gasteiger partial charge is 0.331 e. The zero-order valence-corrected chi connectivity index (χ0v) is 17.9. The van der Waals surface area contributed by atoms with Gasteiger partial charge in [-0.25, -0.2) is 15.0 Å². The summed E-state index contributed by atoms with van der Waals surface area (Å²) < 4.78 is 6.08. The van der Waals surface area contributed by atoms with Gasteiger partial charge in [0.1, 0.15) is 0 Å². The molecule has 3 amide bonds. The molecule has 9 heteroatoms. The highest BCUT2D eigenvalue weighted by Gasteiger charge is 2.38. The monoisotopic (exact) mass is 412 g/mol. The van der Waals surface area contributed by atoms with E-state index in [9.17, 15) is 19.5 Å². The van der Waals surface area contributed by atoms with Crippen LogP contribution in [0, 0.1) is 0 Å². The van der Waals surface area contributed by atoms with Gasteiger partial charge in [-0.1, -0.05) is 33.6 Å². The highest BCUT2D eigenvalue weighted by Crippen LogP contribution is 2.24. The van der Waals surface area contributed by atoms with E-state index in [-0.39, 0.29) is 24.0 Å². The Morgan fingerprint density at radius 3 is 2.41 bits per heavy atom. The molecule has 29 heavy (non-hydrogen) atoms. The second-order valence-electron chi connectivity index (χ2n) is 7.31. The third-order valence-corrected chi connectivity index (χ3v) is 4.92. The molecule has 0 spiro atoms. The van der Waals surface area contributed by atoms with Crippen molar-refractivity contribution in [2.45, 2.75) is 90.5 Å². The standard InChI is InChI=1S/C20H36N4O5/c1-5-8-9-10-21-24-20(28)23-16-11-14(19(26)27)12-17(18(16)22-13(4)25)29-15(6-2)7-3/h12,15-18,21H,5-11H2,1-4H3,(H,22,25)(H,26,27)(H2,23,24,28)/t16-,17+,18+/m0/s1. The Labute approximate surface area is 173 Å². The number of rotatable bonds is 12. The van der Waals surface area contributed by atoms with Crippen molar-refractivity contribution < 1.29 is 24.2 Å². The first-order chi connectivity index (χ1) is 13.8. The second kappa shape index (κ2) is 13.2. The van der Waals surface area contributed by atoms with Gasteiger partial charge in [0.2, 0.25) is 5.91 Å². The van der Waals surface area contributed by atoms with Crippen molar-refractivity contribution in [3.05, 3.63) is 11.6 Å². The predicted molar refractivity (Wildman–Crippen MR) is 110 cm³/mol. The first-order valence-electron chi connectivity index (χ1n) is 10.5. The third kappa shape index (κ3) is 8.82. The summed E-state index contributed by atoms with van der Waals surface area (Å²) in [5.74, 6) is -1.33. The van der Waals surface area contributed by atoms with Crippen molar-refractivity contribution in [3.8, 4) is 0 Å². The molecule has 0 bridgehead atoms. The zero-order chi connectivity index (χ0) is 21.8. The Balaban J connectivity index is 2.90. The molecule has 9 nitrogen and oxygen atoms in total. The summed E-state index contributed by atoms with van der Waals surface area (Å²) in [7, 11) is 0. The Hall–Kier alpha value is -2.13. The van der Waals surface area contributed by atoms with E-state index in [1.165, 1.54) is 6.92 Å². The molecule has 0 aromatic carbocycles. The SMILES string of the molecule is CCCCCNNC(=O)N[C@H]1CC(C(=O)O)=C[C@@H](OC(CC)CC)[C@@H]1NC(C)=O. The molecule has 0 radical (unpaired) electrons. The number of unbranched alkanes of at least 4 members (excludes halogenated alkanes) is 2. The molecule has 5 N–H and O–H groups in total. The molecule has 0 aromatic heterocycles. The van der Waals surface area contributed by atoms with Crippen LogP contribution in [0.25, 0.3) is 0 Å². The van der Waals surface area contributed by atoms with Crippen LogP contribution in [0.4, 0.5) is 4.79 Å². The van der Waals surface area contributed by atoms with Gasteiger partial charge in [0, 0.05) is 25.5 Å². The van der Waals surface area contributed by atoms with Crippen molar-refractivity contribution >= 4 is 17.9 Å². The number of hydrogen-bond donors (Lipinski definition) is 5. The molecule has 0 unspecified atom stereocenters. The average Bonchev–Trinajstić information content (AvgIpc) is 2.67. The fraction of sp³-hybridized carbons (Fsp3) is 0.750. The first-order valence-corrected chi connectivity index (χ1v) is 10.5. The number of hydrazine groups is 1. The summed E-state index contributed by atoms with van der Waals surface area (Å²) in [5.41, 5.74) is 5.57. The van der Waals surface area contributed by atoms with Gasteiger partial charge in [-0.2, -0.15) is 0 Å². The molecule has 3 atom stereocenters. The topological polar surface area (TPSA) is 129 Å². The van der Waals surface area contributed by atoms with E-state index in [1.54, 1.807) is 6.08 Å². The molecule has 166 valence electrons. The van der Waals surface area contributed by atoms with Crippen LogP contribution in [0.1, 0.15) is 66.2 Å². The number of carbonyl (C=O) groups is 3. The molecular formula is C20H36N4O5. The summed E-state index contributed by atoms with van der Waals surface area (Å²) in [6, 6.07) is -1.66. The second-order valence-corrected chi connectivity index (χ2v) is 7.31. The third-order valence-electron chi connectivity index (χ3n) is 4.92. The summed E-state index contributed by atoms with van der Waals surface area (Å²) in [6.45, 7) is 8.09. The minimum atomic E-state index is -1.06. The maximum absolute atomic E-state index is 12.3. The van der Waals surface area contributed by atoms with Crippen LogP contribution < -0.4 is 21.5 Å². The van der Waals surface area contributed by atoms with Gasteiger partial charge < -0.3 is 20.5 Å². The minimum Gasteiger partial charge on any atom is -0.478 e. The van der Waals surface area contributed by atoms with Crippen molar-refractivity contribution in [1.82, 2.24) is 21.5 Å². The van der Waals surface area contributed by atoms with E-state index in [0.717, 1.165) is 32.1 Å². The number of urea groups is 1. The summed E-state index contributed by atoms with van der Waals surface area (Å²) >= 11 is 0. The molecule has 0 saturated carbocycles. The predicted octanol–water partition coefficient (Wildman–Crippen LogP) is 1.84. The van der Waals surface area contributed by atoms with Gasteiger partial charge in [0.05, 0.1) is 24.3 Å². The van der Waals surface area contributed by atoms with Gasteiger partial charge in [0.25, 0.3) is 0 Å². The lowest BCUT2D eigenvalue weighted by Crippen LogP contribution is -2.61. The van der Waals surface area contributed by atoms with E-state index >= 15 is 0 Å². The van der Waals surface area contributed by atoms with Crippen LogP contribution >= 0.6 is 0 Å². The Bertz CT molecular complexity index is 577. The molecular weight excluding hydrogens is 376 g/mol. The van der Waals surface area contributed by atoms with E-state index in [0.29, 0.717) is 6.54 Å². The van der Waals surface area contributed by atoms with Crippen LogP contribution in [0.5, 0.6) is 0 Å². The van der Waals surface area contributed by atoms with Crippen LogP contribution in [-0.4, -0.2) is 53.9 Å². The van der Waals surface area contributed by atoms with E-state index in [2.05, 4.69) is 28.4 Å². The maximum Gasteiger partial charge on any atom is 0.331 e. The highest BCUT2D eigenvalue weighted by atomic mass is 16.5. The Morgan fingerprint density at radius 1 is 1.17 bits per heavy atom. The van der Waals surface area contributed by atoms with E-state index in [4.69, 9.17) is 4.74 Å². The van der Waals surface area contributed by atoms with Gasteiger partial charge >= 0.3 is 12.0 Å². The van der Waals surface area contributed by atoms with Crippen molar-refractivity contribution in [2.24, 2.45) is 0 Å². The van der Waals surface area contributed by atoms with Crippen LogP contribution in [0.2, 0.25) is 0 Å². The first kappa shape index (κ1) is 24.9. The van der Waals surface area contributed by atoms with Gasteiger partial charge in [0.15, 0.2) is 0 Å². The van der Waals surface area contributed by atoms with Gasteiger partial charge in [-0.05, 0) is 25.3 Å². The quantitative estimate of drug-likeness (QED) is 0.246. The lowest BCUT2D eigenvalue weighted by molar-refractivity contribution is -0.133. The van der Waals surface area contributed by atoms with Crippen molar-refractivity contribution in [3.63, 3.8) is 0 Å². The van der Waals surface area contributed by atoms with E-state index < -0.39 is 30.2 Å². The zero-order valence-electron chi connectivity index (χ0n) is 17.9. The highest BCUT2D eigenvalue weighted by molar-refractivity contribution is 5.87. The molecule has 1 aliphatic rings. The molecule has 0 aromatic rings. The number of carbonyl (C=O) groups excluding carboxylic acids is 2. The molecule has 0 saturated heterocycles. The number of nitrogens with one attached hydrogen (secondary N) is 4. The normalized spacial score (nSPS) is 21.4. The van der Waals surface area contributed by atoms with Crippen LogP contribution in [0.15, 0.2) is 11.6 Å². The molecule has 1 rings (SSSR count). The minimum absolute atomic E-state index is 0.0737.